The standard InChI is InChI=1S/2C29H38N2/c2*1-7-30(8-2)25-16-18-27(22(5)20-25)29(24-14-12-11-13-15-24)28-19-17-26(21-23(28)6)31(9-3)10-4/h2*11-21,29H,7-10H2,1-6H3. The summed E-state index contributed by atoms with van der Waals surface area (Å²) in [6, 6.07) is 49.9. The summed E-state index contributed by atoms with van der Waals surface area (Å²) in [6.07, 6.45) is 0. The summed E-state index contributed by atoms with van der Waals surface area (Å²) in [5, 5.41) is 0. The van der Waals surface area contributed by atoms with E-state index in [1.165, 1.54) is 78.4 Å². The maximum atomic E-state index is 2.42. The molecule has 6 aromatic carbocycles. The van der Waals surface area contributed by atoms with Crippen molar-refractivity contribution >= 4 is 22.7 Å². The number of aryl methyl sites for hydroxylation is 4. The maximum absolute atomic E-state index is 2.42. The van der Waals surface area contributed by atoms with Gasteiger partial charge in [-0.25, -0.2) is 0 Å². The Morgan fingerprint density at radius 2 is 0.500 bits per heavy atom. The lowest BCUT2D eigenvalue weighted by atomic mass is 9.81. The molecule has 0 atom stereocenters. The van der Waals surface area contributed by atoms with Gasteiger partial charge in [-0.15, -0.1) is 0 Å². The molecule has 0 aliphatic carbocycles. The van der Waals surface area contributed by atoms with Gasteiger partial charge in [0.2, 0.25) is 0 Å². The van der Waals surface area contributed by atoms with Crippen molar-refractivity contribution < 1.29 is 0 Å². The highest BCUT2D eigenvalue weighted by Gasteiger charge is 2.23. The molecule has 62 heavy (non-hydrogen) atoms. The van der Waals surface area contributed by atoms with Gasteiger partial charge >= 0.3 is 0 Å². The van der Waals surface area contributed by atoms with Gasteiger partial charge in [-0.3, -0.25) is 0 Å². The van der Waals surface area contributed by atoms with E-state index >= 15 is 0 Å². The first-order valence-electron chi connectivity index (χ1n) is 23.6. The lowest BCUT2D eigenvalue weighted by Crippen LogP contribution is -2.22. The molecule has 0 aliphatic heterocycles. The monoisotopic (exact) mass is 829 g/mol. The molecule has 0 amide bonds. The van der Waals surface area contributed by atoms with Crippen LogP contribution in [0.3, 0.4) is 0 Å². The molecule has 0 unspecified atom stereocenters. The zero-order chi connectivity index (χ0) is 44.8. The third-order valence-corrected chi connectivity index (χ3v) is 13.0. The van der Waals surface area contributed by atoms with E-state index in [0.717, 1.165) is 52.4 Å². The first-order valence-corrected chi connectivity index (χ1v) is 23.6. The van der Waals surface area contributed by atoms with E-state index in [1.807, 2.05) is 0 Å². The van der Waals surface area contributed by atoms with Gasteiger partial charge in [0.15, 0.2) is 0 Å². The summed E-state index contributed by atoms with van der Waals surface area (Å²) in [7, 11) is 0. The van der Waals surface area contributed by atoms with Crippen molar-refractivity contribution in [1.82, 2.24) is 0 Å². The number of benzene rings is 6. The Hall–Kier alpha value is -5.48. The van der Waals surface area contributed by atoms with Crippen LogP contribution in [0.25, 0.3) is 0 Å². The molecule has 0 fully saturated rings. The van der Waals surface area contributed by atoms with Crippen LogP contribution in [-0.4, -0.2) is 52.4 Å². The Bertz CT molecular complexity index is 1980. The fraction of sp³-hybridized carbons (Fsp3) is 0.379. The van der Waals surface area contributed by atoms with Crippen molar-refractivity contribution in [2.45, 2.75) is 94.9 Å². The molecule has 0 aliphatic rings. The van der Waals surface area contributed by atoms with E-state index < -0.39 is 0 Å². The van der Waals surface area contributed by atoms with Crippen LogP contribution in [0.4, 0.5) is 22.7 Å². The first kappa shape index (κ1) is 47.6. The van der Waals surface area contributed by atoms with Gasteiger partial charge in [-0.05, 0) is 187 Å². The Labute approximate surface area is 377 Å². The molecule has 0 N–H and O–H groups in total. The minimum Gasteiger partial charge on any atom is -0.372 e. The molecule has 328 valence electrons. The van der Waals surface area contributed by atoms with Crippen LogP contribution in [0.1, 0.15) is 123 Å². The predicted octanol–water partition coefficient (Wildman–Crippen LogP) is 14.4. The fourth-order valence-electron chi connectivity index (χ4n) is 9.42. The Morgan fingerprint density at radius 1 is 0.290 bits per heavy atom. The molecular formula is C58H76N4. The molecule has 0 radical (unpaired) electrons. The minimum absolute atomic E-state index is 0.234. The maximum Gasteiger partial charge on any atom is 0.0368 e. The smallest absolute Gasteiger partial charge is 0.0368 e. The second-order valence-electron chi connectivity index (χ2n) is 16.5. The molecule has 0 spiro atoms. The summed E-state index contributed by atoms with van der Waals surface area (Å²) < 4.78 is 0. The molecule has 0 bridgehead atoms. The highest BCUT2D eigenvalue weighted by molar-refractivity contribution is 5.60. The van der Waals surface area contributed by atoms with Gasteiger partial charge in [0.05, 0.1) is 0 Å². The van der Waals surface area contributed by atoms with E-state index in [-0.39, 0.29) is 11.8 Å². The molecule has 0 saturated heterocycles. The SMILES string of the molecule is CCN(CC)c1ccc(C(c2ccccc2)c2ccc(N(CC)CC)cc2C)c(C)c1.CCN(CC)c1ccc(C(c2ccccc2)c2ccc(N(CC)CC)cc2C)c(C)c1. The van der Waals surface area contributed by atoms with E-state index in [4.69, 9.17) is 0 Å². The number of nitrogens with zero attached hydrogens (tertiary/aromatic N) is 4. The molecule has 6 aromatic rings. The predicted molar refractivity (Wildman–Crippen MR) is 274 cm³/mol. The van der Waals surface area contributed by atoms with Crippen LogP contribution in [0.15, 0.2) is 133 Å². The van der Waals surface area contributed by atoms with Crippen LogP contribution < -0.4 is 19.6 Å². The zero-order valence-corrected chi connectivity index (χ0v) is 40.3. The van der Waals surface area contributed by atoms with Crippen molar-refractivity contribution in [3.63, 3.8) is 0 Å². The molecular weight excluding hydrogens is 753 g/mol. The zero-order valence-electron chi connectivity index (χ0n) is 40.3. The fourth-order valence-corrected chi connectivity index (χ4v) is 9.42. The minimum atomic E-state index is 0.234. The number of hydrogen-bond acceptors (Lipinski definition) is 4. The van der Waals surface area contributed by atoms with Crippen LogP contribution in [0, 0.1) is 27.7 Å². The van der Waals surface area contributed by atoms with Crippen molar-refractivity contribution in [1.29, 1.82) is 0 Å². The Kier molecular flexibility index (Phi) is 17.7. The number of hydrogen-bond donors (Lipinski definition) is 0. The number of anilines is 4. The normalized spacial score (nSPS) is 11.1. The van der Waals surface area contributed by atoms with Gasteiger partial charge in [0.1, 0.15) is 0 Å². The van der Waals surface area contributed by atoms with Gasteiger partial charge < -0.3 is 19.6 Å². The highest BCUT2D eigenvalue weighted by Crippen LogP contribution is 2.39. The van der Waals surface area contributed by atoms with Crippen molar-refractivity contribution in [2.75, 3.05) is 72.0 Å². The Balaban J connectivity index is 0.000000234. The molecule has 0 heterocycles. The average molecular weight is 829 g/mol. The summed E-state index contributed by atoms with van der Waals surface area (Å²) in [4.78, 5) is 9.66. The summed E-state index contributed by atoms with van der Waals surface area (Å²) >= 11 is 0. The van der Waals surface area contributed by atoms with Gasteiger partial charge in [0.25, 0.3) is 0 Å². The van der Waals surface area contributed by atoms with Gasteiger partial charge in [0, 0.05) is 86.9 Å². The number of rotatable bonds is 18. The van der Waals surface area contributed by atoms with Crippen molar-refractivity contribution in [3.05, 3.63) is 189 Å². The van der Waals surface area contributed by atoms with Crippen LogP contribution in [0.5, 0.6) is 0 Å². The topological polar surface area (TPSA) is 13.0 Å². The lowest BCUT2D eigenvalue weighted by Gasteiger charge is -2.27. The van der Waals surface area contributed by atoms with E-state index in [9.17, 15) is 0 Å². The third kappa shape index (κ3) is 11.1. The summed E-state index contributed by atoms with van der Waals surface area (Å²) in [5.74, 6) is 0.468. The molecule has 4 nitrogen and oxygen atoms in total. The lowest BCUT2D eigenvalue weighted by molar-refractivity contribution is 0.859. The van der Waals surface area contributed by atoms with E-state index in [2.05, 4.69) is 236 Å². The Morgan fingerprint density at radius 3 is 0.677 bits per heavy atom. The summed E-state index contributed by atoms with van der Waals surface area (Å²) in [5.41, 5.74) is 18.9. The van der Waals surface area contributed by atoms with Crippen LogP contribution >= 0.6 is 0 Å². The summed E-state index contributed by atoms with van der Waals surface area (Å²) in [6.45, 7) is 35.1. The third-order valence-electron chi connectivity index (χ3n) is 13.0. The van der Waals surface area contributed by atoms with E-state index in [0.29, 0.717) is 0 Å². The molecule has 0 saturated carbocycles. The molecule has 6 rings (SSSR count). The second kappa shape index (κ2) is 23.1. The largest absolute Gasteiger partial charge is 0.372 e. The molecule has 4 heteroatoms. The van der Waals surface area contributed by atoms with Gasteiger partial charge in [-0.2, -0.15) is 0 Å². The second-order valence-corrected chi connectivity index (χ2v) is 16.5. The van der Waals surface area contributed by atoms with E-state index in [1.54, 1.807) is 0 Å². The highest BCUT2D eigenvalue weighted by atomic mass is 15.1. The van der Waals surface area contributed by atoms with Gasteiger partial charge in [-0.1, -0.05) is 84.9 Å². The van der Waals surface area contributed by atoms with Crippen LogP contribution in [-0.2, 0) is 0 Å². The van der Waals surface area contributed by atoms with Crippen molar-refractivity contribution in [2.24, 2.45) is 0 Å². The van der Waals surface area contributed by atoms with Crippen LogP contribution in [0.2, 0.25) is 0 Å². The quantitative estimate of drug-likeness (QED) is 0.0800. The van der Waals surface area contributed by atoms with Crippen molar-refractivity contribution in [3.8, 4) is 0 Å². The molecule has 0 aromatic heterocycles. The average Bonchev–Trinajstić information content (AvgIpc) is 3.29. The first-order chi connectivity index (χ1) is 30.1.